The molecule has 2 aromatic carbocycles. The maximum atomic E-state index is 12.1. The van der Waals surface area contributed by atoms with E-state index in [1.165, 1.54) is 0 Å². The molecule has 0 aliphatic carbocycles. The smallest absolute Gasteiger partial charge is 0.251 e. The van der Waals surface area contributed by atoms with E-state index in [1.54, 1.807) is 31.4 Å². The molecule has 0 saturated carbocycles. The number of piperazine rings is 1. The zero-order chi connectivity index (χ0) is 18.4. The van der Waals surface area contributed by atoms with Crippen molar-refractivity contribution in [1.29, 1.82) is 0 Å². The molecule has 1 fully saturated rings. The summed E-state index contributed by atoms with van der Waals surface area (Å²) in [7, 11) is 1.71. The summed E-state index contributed by atoms with van der Waals surface area (Å²) in [6.07, 6.45) is 0. The lowest BCUT2D eigenvalue weighted by Gasteiger charge is -2.36. The molecule has 0 atom stereocenters. The van der Waals surface area contributed by atoms with Crippen LogP contribution in [0.3, 0.4) is 0 Å². The fourth-order valence-corrected chi connectivity index (χ4v) is 3.35. The molecule has 0 bridgehead atoms. The van der Waals surface area contributed by atoms with E-state index in [0.717, 1.165) is 44.2 Å². The Hall–Kier alpha value is -2.24. The minimum Gasteiger partial charge on any atom is -0.495 e. The number of methoxy groups -OCH3 is 1. The first kappa shape index (κ1) is 18.5. The lowest BCUT2D eigenvalue weighted by Crippen LogP contribution is -2.48. The molecule has 2 aromatic rings. The summed E-state index contributed by atoms with van der Waals surface area (Å²) in [5.41, 5.74) is 1.74. The van der Waals surface area contributed by atoms with Crippen LogP contribution in [-0.4, -0.2) is 57.2 Å². The van der Waals surface area contributed by atoms with Crippen LogP contribution in [0.15, 0.2) is 48.5 Å². The van der Waals surface area contributed by atoms with Gasteiger partial charge in [0.25, 0.3) is 5.91 Å². The Labute approximate surface area is 159 Å². The number of carbonyl (C=O) groups is 1. The molecule has 0 aromatic heterocycles. The summed E-state index contributed by atoms with van der Waals surface area (Å²) in [5, 5.41) is 3.54. The van der Waals surface area contributed by atoms with Crippen LogP contribution in [0.2, 0.25) is 5.02 Å². The highest BCUT2D eigenvalue weighted by molar-refractivity contribution is 6.30. The van der Waals surface area contributed by atoms with Gasteiger partial charge in [-0.3, -0.25) is 9.69 Å². The van der Waals surface area contributed by atoms with Crippen LogP contribution in [0.5, 0.6) is 5.75 Å². The normalized spacial score (nSPS) is 14.9. The van der Waals surface area contributed by atoms with E-state index in [0.29, 0.717) is 17.1 Å². The summed E-state index contributed by atoms with van der Waals surface area (Å²) < 4.78 is 5.45. The van der Waals surface area contributed by atoms with Crippen molar-refractivity contribution in [3.05, 3.63) is 59.1 Å². The molecular weight excluding hydrogens is 350 g/mol. The van der Waals surface area contributed by atoms with Crippen molar-refractivity contribution in [3.8, 4) is 5.75 Å². The van der Waals surface area contributed by atoms with Gasteiger partial charge in [0.2, 0.25) is 0 Å². The van der Waals surface area contributed by atoms with Gasteiger partial charge in [-0.05, 0) is 30.3 Å². The van der Waals surface area contributed by atoms with Crippen LogP contribution >= 0.6 is 11.6 Å². The molecule has 1 aliphatic heterocycles. The van der Waals surface area contributed by atoms with Crippen LogP contribution in [-0.2, 0) is 0 Å². The molecule has 0 radical (unpaired) electrons. The highest BCUT2D eigenvalue weighted by Gasteiger charge is 2.19. The second-order valence-electron chi connectivity index (χ2n) is 6.27. The molecule has 1 heterocycles. The topological polar surface area (TPSA) is 44.8 Å². The summed E-state index contributed by atoms with van der Waals surface area (Å²) in [4.78, 5) is 16.8. The number of nitrogens with one attached hydrogen (secondary N) is 1. The van der Waals surface area contributed by atoms with Gasteiger partial charge in [-0.2, -0.15) is 0 Å². The summed E-state index contributed by atoms with van der Waals surface area (Å²) in [6.45, 7) is 5.29. The summed E-state index contributed by atoms with van der Waals surface area (Å²) in [5.74, 6) is 0.829. The predicted octanol–water partition coefficient (Wildman–Crippen LogP) is 2.90. The van der Waals surface area contributed by atoms with Crippen molar-refractivity contribution >= 4 is 23.2 Å². The first-order chi connectivity index (χ1) is 12.7. The Bertz CT molecular complexity index is 745. The standard InChI is InChI=1S/C20H24ClN3O2/c1-26-19-8-3-2-7-18(19)24-13-11-23(12-14-24)10-9-22-20(25)16-5-4-6-17(21)15-16/h2-8,15H,9-14H2,1H3,(H,22,25). The number of ether oxygens (including phenoxy) is 1. The van der Waals surface area contributed by atoms with Gasteiger partial charge in [0.1, 0.15) is 5.75 Å². The van der Waals surface area contributed by atoms with E-state index in [2.05, 4.69) is 21.2 Å². The Balaban J connectivity index is 1.44. The van der Waals surface area contributed by atoms with Crippen LogP contribution in [0, 0.1) is 0 Å². The number of halogens is 1. The first-order valence-electron chi connectivity index (χ1n) is 8.81. The van der Waals surface area contributed by atoms with Crippen molar-refractivity contribution < 1.29 is 9.53 Å². The van der Waals surface area contributed by atoms with E-state index in [1.807, 2.05) is 18.2 Å². The Morgan fingerprint density at radius 1 is 1.12 bits per heavy atom. The Kier molecular flexibility index (Phi) is 6.36. The lowest BCUT2D eigenvalue weighted by molar-refractivity contribution is 0.0947. The van der Waals surface area contributed by atoms with E-state index in [9.17, 15) is 4.79 Å². The Morgan fingerprint density at radius 3 is 2.62 bits per heavy atom. The van der Waals surface area contributed by atoms with Crippen molar-refractivity contribution in [2.24, 2.45) is 0 Å². The van der Waals surface area contributed by atoms with Gasteiger partial charge in [-0.25, -0.2) is 0 Å². The zero-order valence-electron chi connectivity index (χ0n) is 15.0. The lowest BCUT2D eigenvalue weighted by atomic mass is 10.2. The number of rotatable bonds is 6. The third-order valence-corrected chi connectivity index (χ3v) is 4.83. The fourth-order valence-electron chi connectivity index (χ4n) is 3.16. The highest BCUT2D eigenvalue weighted by atomic mass is 35.5. The van der Waals surface area contributed by atoms with Crippen LogP contribution in [0.25, 0.3) is 0 Å². The largest absolute Gasteiger partial charge is 0.495 e. The highest BCUT2D eigenvalue weighted by Crippen LogP contribution is 2.28. The maximum Gasteiger partial charge on any atom is 0.251 e. The van der Waals surface area contributed by atoms with E-state index < -0.39 is 0 Å². The average molecular weight is 374 g/mol. The number of hydrogen-bond acceptors (Lipinski definition) is 4. The van der Waals surface area contributed by atoms with Crippen molar-refractivity contribution in [2.45, 2.75) is 0 Å². The second-order valence-corrected chi connectivity index (χ2v) is 6.70. The molecule has 6 heteroatoms. The van der Waals surface area contributed by atoms with E-state index in [-0.39, 0.29) is 5.91 Å². The predicted molar refractivity (Wildman–Crippen MR) is 105 cm³/mol. The minimum atomic E-state index is -0.0832. The second kappa shape index (κ2) is 8.92. The molecule has 0 unspecified atom stereocenters. The molecule has 1 aliphatic rings. The van der Waals surface area contributed by atoms with Crippen LogP contribution < -0.4 is 15.0 Å². The molecule has 1 saturated heterocycles. The number of benzene rings is 2. The van der Waals surface area contributed by atoms with Crippen molar-refractivity contribution in [2.75, 3.05) is 51.3 Å². The zero-order valence-corrected chi connectivity index (χ0v) is 15.7. The molecule has 3 rings (SSSR count). The van der Waals surface area contributed by atoms with Crippen LogP contribution in [0.1, 0.15) is 10.4 Å². The SMILES string of the molecule is COc1ccccc1N1CCN(CCNC(=O)c2cccc(Cl)c2)CC1. The van der Waals surface area contributed by atoms with Crippen LogP contribution in [0.4, 0.5) is 5.69 Å². The van der Waals surface area contributed by atoms with Gasteiger partial charge < -0.3 is 15.0 Å². The number of nitrogens with zero attached hydrogens (tertiary/aromatic N) is 2. The molecule has 0 spiro atoms. The summed E-state index contributed by atoms with van der Waals surface area (Å²) >= 11 is 5.93. The van der Waals surface area contributed by atoms with Gasteiger partial charge in [-0.1, -0.05) is 29.8 Å². The molecule has 138 valence electrons. The number of carbonyl (C=O) groups excluding carboxylic acids is 1. The number of para-hydroxylation sites is 2. The molecule has 5 nitrogen and oxygen atoms in total. The fraction of sp³-hybridized carbons (Fsp3) is 0.350. The molecule has 1 amide bonds. The molecule has 1 N–H and O–H groups in total. The Morgan fingerprint density at radius 2 is 1.88 bits per heavy atom. The minimum absolute atomic E-state index is 0.0832. The first-order valence-corrected chi connectivity index (χ1v) is 9.19. The quantitative estimate of drug-likeness (QED) is 0.845. The molecular formula is C20H24ClN3O2. The third kappa shape index (κ3) is 4.68. The number of amides is 1. The van der Waals surface area contributed by atoms with Gasteiger partial charge in [0, 0.05) is 49.9 Å². The third-order valence-electron chi connectivity index (χ3n) is 4.60. The van der Waals surface area contributed by atoms with Crippen molar-refractivity contribution in [3.63, 3.8) is 0 Å². The van der Waals surface area contributed by atoms with E-state index >= 15 is 0 Å². The number of anilines is 1. The van der Waals surface area contributed by atoms with Gasteiger partial charge >= 0.3 is 0 Å². The van der Waals surface area contributed by atoms with E-state index in [4.69, 9.17) is 16.3 Å². The average Bonchev–Trinajstić information content (AvgIpc) is 2.68. The van der Waals surface area contributed by atoms with Crippen molar-refractivity contribution in [1.82, 2.24) is 10.2 Å². The monoisotopic (exact) mass is 373 g/mol. The van der Waals surface area contributed by atoms with Gasteiger partial charge in [0.15, 0.2) is 0 Å². The van der Waals surface area contributed by atoms with Gasteiger partial charge in [-0.15, -0.1) is 0 Å². The van der Waals surface area contributed by atoms with Gasteiger partial charge in [0.05, 0.1) is 12.8 Å². The summed E-state index contributed by atoms with van der Waals surface area (Å²) in [6, 6.07) is 15.1. The maximum absolute atomic E-state index is 12.1. The number of hydrogen-bond donors (Lipinski definition) is 1. The molecule has 26 heavy (non-hydrogen) atoms.